The lowest BCUT2D eigenvalue weighted by Crippen LogP contribution is -2.24. The molecule has 1 amide bonds. The minimum Gasteiger partial charge on any atom is -0.492 e. The largest absolute Gasteiger partial charge is 0.492 e. The van der Waals surface area contributed by atoms with Gasteiger partial charge in [-0.15, -0.1) is 0 Å². The van der Waals surface area contributed by atoms with Gasteiger partial charge in [-0.1, -0.05) is 42.0 Å². The molecular weight excluding hydrogens is 340 g/mol. The molecule has 0 aliphatic carbocycles. The predicted molar refractivity (Wildman–Crippen MR) is 105 cm³/mol. The summed E-state index contributed by atoms with van der Waals surface area (Å²) in [6.45, 7) is 4.95. The Balaban J connectivity index is 1.68. The second kappa shape index (κ2) is 8.80. The monoisotopic (exact) mass is 362 g/mol. The number of ether oxygens (including phenoxy) is 1. The number of aryl methyl sites for hydroxylation is 1. The van der Waals surface area contributed by atoms with Gasteiger partial charge in [-0.2, -0.15) is 0 Å². The fourth-order valence-corrected chi connectivity index (χ4v) is 2.50. The van der Waals surface area contributed by atoms with E-state index in [1.165, 1.54) is 5.56 Å². The second-order valence-electron chi connectivity index (χ2n) is 5.99. The third kappa shape index (κ3) is 5.04. The summed E-state index contributed by atoms with van der Waals surface area (Å²) in [5, 5.41) is 5.98. The molecule has 138 valence electrons. The van der Waals surface area contributed by atoms with E-state index in [1.54, 1.807) is 12.3 Å². The number of amides is 1. The molecule has 0 saturated carbocycles. The van der Waals surface area contributed by atoms with Gasteiger partial charge >= 0.3 is 0 Å². The first kappa shape index (κ1) is 18.4. The number of carbonyl (C=O) groups excluding carboxylic acids is 1. The molecule has 27 heavy (non-hydrogen) atoms. The number of benzene rings is 2. The lowest BCUT2D eigenvalue weighted by molar-refractivity contribution is 0.0946. The van der Waals surface area contributed by atoms with Crippen molar-refractivity contribution in [1.29, 1.82) is 0 Å². The van der Waals surface area contributed by atoms with Gasteiger partial charge in [-0.3, -0.25) is 4.79 Å². The standard InChI is InChI=1S/C21H22N4O2/c1-3-27-19-7-5-4-6-17(19)24-21-22-13-12-18(25-21)20(26)23-14-16-10-8-15(2)9-11-16/h4-13H,3,14H2,1-2H3,(H,23,26)(H,22,24,25). The predicted octanol–water partition coefficient (Wildman–Crippen LogP) is 3.86. The van der Waals surface area contributed by atoms with E-state index in [2.05, 4.69) is 20.6 Å². The molecule has 1 aromatic heterocycles. The van der Waals surface area contributed by atoms with E-state index in [-0.39, 0.29) is 5.91 Å². The maximum Gasteiger partial charge on any atom is 0.270 e. The van der Waals surface area contributed by atoms with E-state index in [0.717, 1.165) is 11.3 Å². The van der Waals surface area contributed by atoms with Gasteiger partial charge in [0.15, 0.2) is 0 Å². The first-order valence-electron chi connectivity index (χ1n) is 8.81. The number of anilines is 2. The number of rotatable bonds is 7. The molecule has 1 heterocycles. The van der Waals surface area contributed by atoms with E-state index in [9.17, 15) is 4.79 Å². The van der Waals surface area contributed by atoms with Crippen molar-refractivity contribution >= 4 is 17.5 Å². The lowest BCUT2D eigenvalue weighted by Gasteiger charge is -2.11. The number of carbonyl (C=O) groups is 1. The summed E-state index contributed by atoms with van der Waals surface area (Å²) in [7, 11) is 0. The van der Waals surface area contributed by atoms with Crippen LogP contribution in [0, 0.1) is 6.92 Å². The van der Waals surface area contributed by atoms with Crippen LogP contribution in [0.5, 0.6) is 5.75 Å². The summed E-state index contributed by atoms with van der Waals surface area (Å²) in [6.07, 6.45) is 1.55. The van der Waals surface area contributed by atoms with Crippen LogP contribution in [-0.4, -0.2) is 22.5 Å². The Morgan fingerprint density at radius 1 is 1.07 bits per heavy atom. The van der Waals surface area contributed by atoms with E-state index in [4.69, 9.17) is 4.74 Å². The molecule has 0 aliphatic rings. The van der Waals surface area contributed by atoms with Crippen LogP contribution in [0.2, 0.25) is 0 Å². The van der Waals surface area contributed by atoms with Gasteiger partial charge in [-0.05, 0) is 37.6 Å². The summed E-state index contributed by atoms with van der Waals surface area (Å²) in [6, 6.07) is 17.1. The number of hydrogen-bond donors (Lipinski definition) is 2. The van der Waals surface area contributed by atoms with Crippen molar-refractivity contribution in [1.82, 2.24) is 15.3 Å². The Bertz CT molecular complexity index is 910. The zero-order chi connectivity index (χ0) is 19.1. The minimum absolute atomic E-state index is 0.251. The van der Waals surface area contributed by atoms with Crippen LogP contribution in [-0.2, 0) is 6.54 Å². The topological polar surface area (TPSA) is 76.1 Å². The second-order valence-corrected chi connectivity index (χ2v) is 5.99. The molecular formula is C21H22N4O2. The van der Waals surface area contributed by atoms with Gasteiger partial charge in [0.1, 0.15) is 11.4 Å². The SMILES string of the molecule is CCOc1ccccc1Nc1nccc(C(=O)NCc2ccc(C)cc2)n1. The normalized spacial score (nSPS) is 10.3. The lowest BCUT2D eigenvalue weighted by atomic mass is 10.1. The molecule has 2 aromatic carbocycles. The van der Waals surface area contributed by atoms with Crippen molar-refractivity contribution in [3.8, 4) is 5.75 Å². The average molecular weight is 362 g/mol. The van der Waals surface area contributed by atoms with E-state index < -0.39 is 0 Å². The van der Waals surface area contributed by atoms with Crippen molar-refractivity contribution in [3.05, 3.63) is 77.6 Å². The Labute approximate surface area is 158 Å². The summed E-state index contributed by atoms with van der Waals surface area (Å²) in [4.78, 5) is 20.9. The van der Waals surface area contributed by atoms with E-state index in [1.807, 2.05) is 62.4 Å². The molecule has 2 N–H and O–H groups in total. The van der Waals surface area contributed by atoms with Crippen molar-refractivity contribution in [3.63, 3.8) is 0 Å². The Kier molecular flexibility index (Phi) is 5.99. The van der Waals surface area contributed by atoms with E-state index in [0.29, 0.717) is 30.5 Å². The number of para-hydroxylation sites is 2. The minimum atomic E-state index is -0.251. The molecule has 0 radical (unpaired) electrons. The van der Waals surface area contributed by atoms with Crippen LogP contribution in [0.15, 0.2) is 60.8 Å². The summed E-state index contributed by atoms with van der Waals surface area (Å²) < 4.78 is 5.59. The van der Waals surface area contributed by atoms with Crippen LogP contribution in [0.4, 0.5) is 11.6 Å². The zero-order valence-electron chi connectivity index (χ0n) is 15.4. The molecule has 0 unspecified atom stereocenters. The molecule has 0 saturated heterocycles. The van der Waals surface area contributed by atoms with Crippen LogP contribution >= 0.6 is 0 Å². The smallest absolute Gasteiger partial charge is 0.270 e. The number of nitrogens with zero attached hydrogens (tertiary/aromatic N) is 2. The molecule has 0 bridgehead atoms. The maximum absolute atomic E-state index is 12.4. The fraction of sp³-hybridized carbons (Fsp3) is 0.190. The van der Waals surface area contributed by atoms with Gasteiger partial charge in [0, 0.05) is 12.7 Å². The molecule has 0 fully saturated rings. The highest BCUT2D eigenvalue weighted by Gasteiger charge is 2.10. The molecule has 6 heteroatoms. The van der Waals surface area contributed by atoms with Crippen molar-refractivity contribution in [2.24, 2.45) is 0 Å². The zero-order valence-corrected chi connectivity index (χ0v) is 15.4. The maximum atomic E-state index is 12.4. The van der Waals surface area contributed by atoms with Gasteiger partial charge in [0.25, 0.3) is 5.91 Å². The number of nitrogens with one attached hydrogen (secondary N) is 2. The van der Waals surface area contributed by atoms with Gasteiger partial charge in [0.2, 0.25) is 5.95 Å². The highest BCUT2D eigenvalue weighted by Crippen LogP contribution is 2.25. The van der Waals surface area contributed by atoms with Crippen LogP contribution in [0.25, 0.3) is 0 Å². The van der Waals surface area contributed by atoms with Crippen LogP contribution in [0.3, 0.4) is 0 Å². The number of aromatic nitrogens is 2. The molecule has 0 atom stereocenters. The van der Waals surface area contributed by atoms with Gasteiger partial charge in [0.05, 0.1) is 12.3 Å². The third-order valence-electron chi connectivity index (χ3n) is 3.90. The highest BCUT2D eigenvalue weighted by atomic mass is 16.5. The molecule has 6 nitrogen and oxygen atoms in total. The Morgan fingerprint density at radius 2 is 1.85 bits per heavy atom. The van der Waals surface area contributed by atoms with Crippen LogP contribution < -0.4 is 15.4 Å². The summed E-state index contributed by atoms with van der Waals surface area (Å²) in [5.41, 5.74) is 3.26. The Hall–Kier alpha value is -3.41. The molecule has 0 aliphatic heterocycles. The third-order valence-corrected chi connectivity index (χ3v) is 3.90. The highest BCUT2D eigenvalue weighted by molar-refractivity contribution is 5.92. The average Bonchev–Trinajstić information content (AvgIpc) is 2.69. The first-order chi connectivity index (χ1) is 13.2. The molecule has 3 aromatic rings. The van der Waals surface area contributed by atoms with Gasteiger partial charge in [-0.25, -0.2) is 9.97 Å². The van der Waals surface area contributed by atoms with Crippen molar-refractivity contribution in [2.45, 2.75) is 20.4 Å². The number of hydrogen-bond acceptors (Lipinski definition) is 5. The summed E-state index contributed by atoms with van der Waals surface area (Å²) >= 11 is 0. The molecule has 0 spiro atoms. The van der Waals surface area contributed by atoms with Crippen molar-refractivity contribution in [2.75, 3.05) is 11.9 Å². The van der Waals surface area contributed by atoms with Crippen LogP contribution in [0.1, 0.15) is 28.5 Å². The molecule has 3 rings (SSSR count). The quantitative estimate of drug-likeness (QED) is 0.667. The Morgan fingerprint density at radius 3 is 2.63 bits per heavy atom. The fourth-order valence-electron chi connectivity index (χ4n) is 2.50. The summed E-state index contributed by atoms with van der Waals surface area (Å²) in [5.74, 6) is 0.794. The van der Waals surface area contributed by atoms with Crippen molar-refractivity contribution < 1.29 is 9.53 Å². The first-order valence-corrected chi connectivity index (χ1v) is 8.81. The van der Waals surface area contributed by atoms with E-state index >= 15 is 0 Å². The van der Waals surface area contributed by atoms with Gasteiger partial charge < -0.3 is 15.4 Å².